The maximum atomic E-state index is 10.6. The molecule has 2 unspecified atom stereocenters. The minimum Gasteiger partial charge on any atom is -0.390 e. The quantitative estimate of drug-likeness (QED) is 0.791. The number of nitrogens with two attached hydrogens (primary N) is 1. The second-order valence-electron chi connectivity index (χ2n) is 6.68. The summed E-state index contributed by atoms with van der Waals surface area (Å²) in [5.74, 6) is 0.845. The second kappa shape index (κ2) is 5.27. The molecule has 2 atom stereocenters. The fourth-order valence-corrected chi connectivity index (χ4v) is 4.26. The summed E-state index contributed by atoms with van der Waals surface area (Å²) in [5.41, 5.74) is 5.95. The van der Waals surface area contributed by atoms with Gasteiger partial charge in [0.2, 0.25) is 0 Å². The molecule has 0 heterocycles. The molecule has 0 aromatic heterocycles. The number of rotatable bonds is 4. The van der Waals surface area contributed by atoms with Gasteiger partial charge in [-0.2, -0.15) is 0 Å². The van der Waals surface area contributed by atoms with E-state index >= 15 is 0 Å². The Labute approximate surface area is 106 Å². The maximum Gasteiger partial charge on any atom is 0.0653 e. The van der Waals surface area contributed by atoms with Gasteiger partial charge < -0.3 is 10.8 Å². The third kappa shape index (κ3) is 3.03. The first-order valence-corrected chi connectivity index (χ1v) is 7.54. The van der Waals surface area contributed by atoms with E-state index in [4.69, 9.17) is 5.73 Å². The fraction of sp³-hybridized carbons (Fsp3) is 1.00. The van der Waals surface area contributed by atoms with Crippen LogP contribution in [0.2, 0.25) is 0 Å². The molecule has 0 aromatic rings. The lowest BCUT2D eigenvalue weighted by atomic mass is 9.64. The Balaban J connectivity index is 2.02. The van der Waals surface area contributed by atoms with Crippen molar-refractivity contribution in [3.63, 3.8) is 0 Å². The number of aliphatic hydroxyl groups is 1. The molecule has 2 aliphatic carbocycles. The lowest BCUT2D eigenvalue weighted by Gasteiger charge is -2.44. The van der Waals surface area contributed by atoms with Crippen LogP contribution in [0.25, 0.3) is 0 Å². The minimum atomic E-state index is -0.380. The first kappa shape index (κ1) is 13.4. The number of hydrogen-bond donors (Lipinski definition) is 2. The van der Waals surface area contributed by atoms with Gasteiger partial charge in [0, 0.05) is 0 Å². The Kier molecular flexibility index (Phi) is 4.14. The standard InChI is InChI=1S/C15H29NO/c1-2-13-6-5-7-14(10-13,12-16)11-15(17)8-3-4-9-15/h13,17H,2-12,16H2,1H3. The van der Waals surface area contributed by atoms with Crippen LogP contribution in [0.5, 0.6) is 0 Å². The minimum absolute atomic E-state index is 0.248. The van der Waals surface area contributed by atoms with Crippen molar-refractivity contribution in [3.05, 3.63) is 0 Å². The van der Waals surface area contributed by atoms with Crippen LogP contribution in [0.15, 0.2) is 0 Å². The van der Waals surface area contributed by atoms with Gasteiger partial charge in [-0.25, -0.2) is 0 Å². The summed E-state index contributed by atoms with van der Waals surface area (Å²) in [6.45, 7) is 3.06. The smallest absolute Gasteiger partial charge is 0.0653 e. The molecule has 0 spiro atoms. The van der Waals surface area contributed by atoms with E-state index in [-0.39, 0.29) is 11.0 Å². The topological polar surface area (TPSA) is 46.2 Å². The van der Waals surface area contributed by atoms with Crippen LogP contribution in [0.3, 0.4) is 0 Å². The Morgan fingerprint density at radius 3 is 2.47 bits per heavy atom. The van der Waals surface area contributed by atoms with E-state index in [0.717, 1.165) is 31.7 Å². The predicted octanol–water partition coefficient (Wildman–Crippen LogP) is 3.23. The third-order valence-corrected chi connectivity index (χ3v) is 5.29. The molecule has 17 heavy (non-hydrogen) atoms. The normalized spacial score (nSPS) is 37.2. The highest BCUT2D eigenvalue weighted by atomic mass is 16.3. The van der Waals surface area contributed by atoms with E-state index in [9.17, 15) is 5.11 Å². The van der Waals surface area contributed by atoms with Crippen molar-refractivity contribution in [2.45, 2.75) is 76.7 Å². The molecule has 0 radical (unpaired) electrons. The molecule has 2 rings (SSSR count). The molecule has 0 aromatic carbocycles. The lowest BCUT2D eigenvalue weighted by Crippen LogP contribution is -2.42. The SMILES string of the molecule is CCC1CCCC(CN)(CC2(O)CCCC2)C1. The van der Waals surface area contributed by atoms with Gasteiger partial charge in [0.05, 0.1) is 5.60 Å². The van der Waals surface area contributed by atoms with Crippen molar-refractivity contribution in [1.29, 1.82) is 0 Å². The fourth-order valence-electron chi connectivity index (χ4n) is 4.26. The van der Waals surface area contributed by atoms with Gasteiger partial charge in [-0.05, 0) is 50.0 Å². The van der Waals surface area contributed by atoms with E-state index < -0.39 is 0 Å². The highest BCUT2D eigenvalue weighted by Crippen LogP contribution is 2.48. The van der Waals surface area contributed by atoms with Gasteiger partial charge in [0.1, 0.15) is 0 Å². The molecule has 100 valence electrons. The Bertz CT molecular complexity index is 247. The molecule has 3 N–H and O–H groups in total. The van der Waals surface area contributed by atoms with E-state index in [1.807, 2.05) is 0 Å². The molecule has 2 heteroatoms. The molecule has 2 saturated carbocycles. The van der Waals surface area contributed by atoms with Gasteiger partial charge in [0.15, 0.2) is 0 Å². The van der Waals surface area contributed by atoms with Gasteiger partial charge in [-0.15, -0.1) is 0 Å². The van der Waals surface area contributed by atoms with Crippen LogP contribution >= 0.6 is 0 Å². The second-order valence-corrected chi connectivity index (χ2v) is 6.68. The number of hydrogen-bond acceptors (Lipinski definition) is 2. The van der Waals surface area contributed by atoms with E-state index in [1.54, 1.807) is 0 Å². The molecular weight excluding hydrogens is 210 g/mol. The highest BCUT2D eigenvalue weighted by molar-refractivity contribution is 4.96. The van der Waals surface area contributed by atoms with E-state index in [1.165, 1.54) is 44.9 Å². The zero-order valence-electron chi connectivity index (χ0n) is 11.4. The van der Waals surface area contributed by atoms with Gasteiger partial charge in [-0.3, -0.25) is 0 Å². The maximum absolute atomic E-state index is 10.6. The molecule has 0 aliphatic heterocycles. The first-order chi connectivity index (χ1) is 8.11. The van der Waals surface area contributed by atoms with Crippen molar-refractivity contribution in [3.8, 4) is 0 Å². The summed E-state index contributed by atoms with van der Waals surface area (Å²) in [6, 6.07) is 0. The van der Waals surface area contributed by atoms with Crippen molar-refractivity contribution in [2.24, 2.45) is 17.1 Å². The van der Waals surface area contributed by atoms with Crippen molar-refractivity contribution in [1.82, 2.24) is 0 Å². The van der Waals surface area contributed by atoms with Gasteiger partial charge in [0.25, 0.3) is 0 Å². The molecule has 2 aliphatic rings. The van der Waals surface area contributed by atoms with E-state index in [2.05, 4.69) is 6.92 Å². The molecule has 0 saturated heterocycles. The molecule has 0 bridgehead atoms. The largest absolute Gasteiger partial charge is 0.390 e. The summed E-state index contributed by atoms with van der Waals surface area (Å²) < 4.78 is 0. The summed E-state index contributed by atoms with van der Waals surface area (Å²) in [4.78, 5) is 0. The Morgan fingerprint density at radius 1 is 1.18 bits per heavy atom. The van der Waals surface area contributed by atoms with Crippen LogP contribution in [0, 0.1) is 11.3 Å². The summed E-state index contributed by atoms with van der Waals surface area (Å²) in [6.07, 6.45) is 11.8. The molecule has 2 nitrogen and oxygen atoms in total. The third-order valence-electron chi connectivity index (χ3n) is 5.29. The summed E-state index contributed by atoms with van der Waals surface area (Å²) >= 11 is 0. The van der Waals surface area contributed by atoms with E-state index in [0.29, 0.717) is 0 Å². The average molecular weight is 239 g/mol. The van der Waals surface area contributed by atoms with Crippen LogP contribution in [0.4, 0.5) is 0 Å². The monoisotopic (exact) mass is 239 g/mol. The Hall–Kier alpha value is -0.0800. The Morgan fingerprint density at radius 2 is 1.88 bits per heavy atom. The zero-order chi connectivity index (χ0) is 12.4. The molecular formula is C15H29NO. The summed E-state index contributed by atoms with van der Waals surface area (Å²) in [5, 5.41) is 10.6. The van der Waals surface area contributed by atoms with Gasteiger partial charge >= 0.3 is 0 Å². The zero-order valence-corrected chi connectivity index (χ0v) is 11.4. The van der Waals surface area contributed by atoms with Crippen molar-refractivity contribution in [2.75, 3.05) is 6.54 Å². The van der Waals surface area contributed by atoms with Gasteiger partial charge in [-0.1, -0.05) is 39.0 Å². The average Bonchev–Trinajstić information content (AvgIpc) is 2.75. The predicted molar refractivity (Wildman–Crippen MR) is 71.8 cm³/mol. The van der Waals surface area contributed by atoms with Crippen molar-refractivity contribution >= 4 is 0 Å². The van der Waals surface area contributed by atoms with Crippen LogP contribution in [0.1, 0.15) is 71.1 Å². The summed E-state index contributed by atoms with van der Waals surface area (Å²) in [7, 11) is 0. The first-order valence-electron chi connectivity index (χ1n) is 7.54. The molecule has 0 amide bonds. The van der Waals surface area contributed by atoms with Crippen molar-refractivity contribution < 1.29 is 5.11 Å². The van der Waals surface area contributed by atoms with Crippen LogP contribution < -0.4 is 5.73 Å². The highest BCUT2D eigenvalue weighted by Gasteiger charge is 2.43. The molecule has 2 fully saturated rings. The van der Waals surface area contributed by atoms with Crippen LogP contribution in [-0.2, 0) is 0 Å². The van der Waals surface area contributed by atoms with Crippen LogP contribution in [-0.4, -0.2) is 17.3 Å². The lowest BCUT2D eigenvalue weighted by molar-refractivity contribution is -0.0230.